The summed E-state index contributed by atoms with van der Waals surface area (Å²) in [5, 5.41) is 3.54. The lowest BCUT2D eigenvalue weighted by molar-refractivity contribution is -0.120. The molecule has 0 saturated carbocycles. The summed E-state index contributed by atoms with van der Waals surface area (Å²) in [5.74, 6) is -1.93. The Labute approximate surface area is 247 Å². The first-order chi connectivity index (χ1) is 20.6. The molecule has 6 rings (SSSR count). The summed E-state index contributed by atoms with van der Waals surface area (Å²) in [7, 11) is 2.92. The molecule has 1 amide bonds. The Kier molecular flexibility index (Phi) is 7.11. The number of likely N-dealkylation sites (N-methyl/N-ethyl adjacent to an activating group) is 1. The van der Waals surface area contributed by atoms with Gasteiger partial charge in [0.25, 0.3) is 11.5 Å². The van der Waals surface area contributed by atoms with Gasteiger partial charge in [-0.05, 0) is 30.0 Å². The fourth-order valence-corrected chi connectivity index (χ4v) is 6.14. The molecular weight excluding hydrogens is 556 g/mol. The molecule has 0 spiro atoms. The molecule has 1 saturated heterocycles. The first-order valence-corrected chi connectivity index (χ1v) is 14.3. The van der Waals surface area contributed by atoms with Crippen molar-refractivity contribution in [3.63, 3.8) is 0 Å². The summed E-state index contributed by atoms with van der Waals surface area (Å²) < 4.78 is 38.3. The minimum atomic E-state index is -0.799. The maximum absolute atomic E-state index is 16.2. The third kappa shape index (κ3) is 4.34. The number of carbonyl (C=O) groups is 1. The second-order valence-corrected chi connectivity index (χ2v) is 11.5. The maximum Gasteiger partial charge on any atom is 0.283 e. The van der Waals surface area contributed by atoms with Crippen LogP contribution in [0.3, 0.4) is 0 Å². The van der Waals surface area contributed by atoms with E-state index < -0.39 is 23.2 Å². The highest BCUT2D eigenvalue weighted by Crippen LogP contribution is 2.43. The second kappa shape index (κ2) is 10.7. The van der Waals surface area contributed by atoms with Gasteiger partial charge in [0.1, 0.15) is 35.3 Å². The van der Waals surface area contributed by atoms with E-state index in [2.05, 4.69) is 15.3 Å². The lowest BCUT2D eigenvalue weighted by Gasteiger charge is -2.44. The molecule has 43 heavy (non-hydrogen) atoms. The van der Waals surface area contributed by atoms with Gasteiger partial charge in [-0.2, -0.15) is 0 Å². The molecule has 12 heteroatoms. The number of hydrogen-bond acceptors (Lipinski definition) is 8. The summed E-state index contributed by atoms with van der Waals surface area (Å²) in [6.07, 6.45) is 1.46. The SMILES string of the molecule is COc1cccc(F)c1-c1nc2c(cc1F)c1c(c(=O)n2-c2c(C(C)C)ncnc2C(C)C)N(C)C(=O)[C@H]2CNCCN12. The van der Waals surface area contributed by atoms with E-state index in [4.69, 9.17) is 9.72 Å². The molecule has 1 N–H and O–H groups in total. The van der Waals surface area contributed by atoms with E-state index in [1.54, 1.807) is 7.05 Å². The Bertz CT molecular complexity index is 1810. The van der Waals surface area contributed by atoms with Crippen molar-refractivity contribution in [1.82, 2.24) is 24.8 Å². The lowest BCUT2D eigenvalue weighted by Crippen LogP contribution is -2.62. The Morgan fingerprint density at radius 2 is 1.70 bits per heavy atom. The van der Waals surface area contributed by atoms with Crippen molar-refractivity contribution in [2.24, 2.45) is 0 Å². The van der Waals surface area contributed by atoms with E-state index >= 15 is 8.78 Å². The minimum Gasteiger partial charge on any atom is -0.496 e. The van der Waals surface area contributed by atoms with E-state index in [9.17, 15) is 9.59 Å². The zero-order valence-corrected chi connectivity index (χ0v) is 24.9. The molecule has 5 heterocycles. The summed E-state index contributed by atoms with van der Waals surface area (Å²) in [4.78, 5) is 45.3. The fraction of sp³-hybridized carbons (Fsp3) is 0.387. The van der Waals surface area contributed by atoms with Crippen LogP contribution < -0.4 is 25.4 Å². The molecule has 1 fully saturated rings. The van der Waals surface area contributed by atoms with Crippen LogP contribution in [-0.4, -0.2) is 65.3 Å². The highest BCUT2D eigenvalue weighted by atomic mass is 19.1. The van der Waals surface area contributed by atoms with Gasteiger partial charge in [0.05, 0.1) is 35.4 Å². The van der Waals surface area contributed by atoms with Gasteiger partial charge in [-0.1, -0.05) is 33.8 Å². The van der Waals surface area contributed by atoms with Crippen molar-refractivity contribution in [3.8, 4) is 22.7 Å². The van der Waals surface area contributed by atoms with E-state index in [0.717, 1.165) is 0 Å². The van der Waals surface area contributed by atoms with E-state index in [-0.39, 0.29) is 46.1 Å². The topological polar surface area (TPSA) is 105 Å². The summed E-state index contributed by atoms with van der Waals surface area (Å²) in [5.41, 5.74) is 1.22. The minimum absolute atomic E-state index is 0.0962. The number of amides is 1. The van der Waals surface area contributed by atoms with Crippen LogP contribution in [0.15, 0.2) is 35.4 Å². The molecule has 4 aromatic rings. The normalized spacial score (nSPS) is 16.7. The van der Waals surface area contributed by atoms with Crippen LogP contribution >= 0.6 is 0 Å². The summed E-state index contributed by atoms with van der Waals surface area (Å²) >= 11 is 0. The molecule has 3 aromatic heterocycles. The standard InChI is InChI=1S/C31H33F2N7O3/c1-15(2)23-27(24(16(3)4)36-14-35-23)40-29-17(12-19(33)25(37-29)22-18(32)8-7-9-21(22)43-6)26-28(31(40)42)38(5)30(41)20-13-34-10-11-39(20)26/h7-9,12,14-16,20,34H,10-11,13H2,1-6H3/t20-/m1/s1. The second-order valence-electron chi connectivity index (χ2n) is 11.5. The molecule has 0 unspecified atom stereocenters. The predicted octanol–water partition coefficient (Wildman–Crippen LogP) is 4.13. The van der Waals surface area contributed by atoms with Crippen LogP contribution in [0.4, 0.5) is 20.2 Å². The zero-order chi connectivity index (χ0) is 30.7. The molecule has 1 aromatic carbocycles. The average Bonchev–Trinajstić information content (AvgIpc) is 2.99. The molecule has 2 aliphatic heterocycles. The van der Waals surface area contributed by atoms with Crippen molar-refractivity contribution < 1.29 is 18.3 Å². The Morgan fingerprint density at radius 3 is 2.35 bits per heavy atom. The maximum atomic E-state index is 16.2. The van der Waals surface area contributed by atoms with Gasteiger partial charge in [-0.15, -0.1) is 0 Å². The zero-order valence-electron chi connectivity index (χ0n) is 24.9. The van der Waals surface area contributed by atoms with Crippen molar-refractivity contribution >= 4 is 28.3 Å². The van der Waals surface area contributed by atoms with Crippen LogP contribution in [0.2, 0.25) is 0 Å². The first kappa shape index (κ1) is 28.7. The van der Waals surface area contributed by atoms with Gasteiger partial charge in [0, 0.05) is 32.1 Å². The van der Waals surface area contributed by atoms with Crippen LogP contribution in [0, 0.1) is 11.6 Å². The van der Waals surface area contributed by atoms with Gasteiger partial charge in [0.15, 0.2) is 11.5 Å². The van der Waals surface area contributed by atoms with Crippen LogP contribution in [0.5, 0.6) is 5.75 Å². The van der Waals surface area contributed by atoms with E-state index in [0.29, 0.717) is 47.8 Å². The number of nitrogens with one attached hydrogen (secondary N) is 1. The van der Waals surface area contributed by atoms with Crippen LogP contribution in [0.1, 0.15) is 50.9 Å². The summed E-state index contributed by atoms with van der Waals surface area (Å²) in [6.45, 7) is 9.16. The lowest BCUT2D eigenvalue weighted by atomic mass is 9.99. The Balaban J connectivity index is 1.83. The number of pyridine rings is 2. The van der Waals surface area contributed by atoms with Gasteiger partial charge >= 0.3 is 0 Å². The van der Waals surface area contributed by atoms with Crippen molar-refractivity contribution in [2.75, 3.05) is 43.6 Å². The smallest absolute Gasteiger partial charge is 0.283 e. The summed E-state index contributed by atoms with van der Waals surface area (Å²) in [6, 6.07) is 4.87. The highest BCUT2D eigenvalue weighted by molar-refractivity contribution is 6.11. The van der Waals surface area contributed by atoms with Gasteiger partial charge < -0.3 is 19.9 Å². The average molecular weight is 590 g/mol. The van der Waals surface area contributed by atoms with Crippen molar-refractivity contribution in [3.05, 3.63) is 64.0 Å². The van der Waals surface area contributed by atoms with Crippen LogP contribution in [-0.2, 0) is 4.79 Å². The highest BCUT2D eigenvalue weighted by Gasteiger charge is 2.42. The van der Waals surface area contributed by atoms with Gasteiger partial charge in [-0.25, -0.2) is 23.7 Å². The number of piperazine rings is 1. The number of aromatic nitrogens is 4. The fourth-order valence-electron chi connectivity index (χ4n) is 6.14. The Morgan fingerprint density at radius 1 is 1.00 bits per heavy atom. The molecule has 10 nitrogen and oxygen atoms in total. The third-order valence-electron chi connectivity index (χ3n) is 8.16. The van der Waals surface area contributed by atoms with Gasteiger partial charge in [-0.3, -0.25) is 14.2 Å². The molecule has 0 bridgehead atoms. The number of rotatable bonds is 5. The van der Waals surface area contributed by atoms with Crippen molar-refractivity contribution in [1.29, 1.82) is 0 Å². The van der Waals surface area contributed by atoms with E-state index in [1.165, 1.54) is 47.2 Å². The molecule has 0 radical (unpaired) electrons. The monoisotopic (exact) mass is 589 g/mol. The molecule has 0 aliphatic carbocycles. The number of carbonyl (C=O) groups excluding carboxylic acids is 1. The molecule has 2 aliphatic rings. The number of nitrogens with zero attached hydrogens (tertiary/aromatic N) is 6. The first-order valence-electron chi connectivity index (χ1n) is 14.3. The number of fused-ring (bicyclic) bond motifs is 5. The number of halogens is 2. The molecule has 224 valence electrons. The van der Waals surface area contributed by atoms with Crippen molar-refractivity contribution in [2.45, 2.75) is 45.6 Å². The van der Waals surface area contributed by atoms with E-state index in [1.807, 2.05) is 32.6 Å². The quantitative estimate of drug-likeness (QED) is 0.371. The number of methoxy groups -OCH3 is 1. The molecular formula is C31H33F2N7O3. The largest absolute Gasteiger partial charge is 0.496 e. The van der Waals surface area contributed by atoms with Crippen LogP contribution in [0.25, 0.3) is 28.0 Å². The Hall–Kier alpha value is -4.45. The number of anilines is 2. The van der Waals surface area contributed by atoms with Gasteiger partial charge in [0.2, 0.25) is 0 Å². The predicted molar refractivity (Wildman–Crippen MR) is 160 cm³/mol. The number of benzene rings is 1. The number of ether oxygens (including phenoxy) is 1. The molecule has 1 atom stereocenters. The number of hydrogen-bond donors (Lipinski definition) is 1. The third-order valence-corrected chi connectivity index (χ3v) is 8.16.